The highest BCUT2D eigenvalue weighted by atomic mass is 35.5. The number of halogens is 1. The monoisotopic (exact) mass is 264 g/mol. The first kappa shape index (κ1) is 12.7. The van der Waals surface area contributed by atoms with Gasteiger partial charge >= 0.3 is 0 Å². The van der Waals surface area contributed by atoms with Crippen LogP contribution in [0.2, 0.25) is 0 Å². The van der Waals surface area contributed by atoms with Crippen LogP contribution in [0.3, 0.4) is 0 Å². The normalized spacial score (nSPS) is 15.3. The molecule has 5 nitrogen and oxygen atoms in total. The van der Waals surface area contributed by atoms with Crippen LogP contribution < -0.4 is 4.90 Å². The van der Waals surface area contributed by atoms with Gasteiger partial charge in [-0.1, -0.05) is 0 Å². The van der Waals surface area contributed by atoms with Gasteiger partial charge in [-0.25, -0.2) is 4.98 Å². The van der Waals surface area contributed by atoms with Crippen LogP contribution in [0.4, 0.5) is 5.82 Å². The molecule has 0 aliphatic carbocycles. The van der Waals surface area contributed by atoms with Crippen molar-refractivity contribution in [2.75, 3.05) is 37.0 Å². The molecule has 2 heterocycles. The smallest absolute Gasteiger partial charge is 0.237 e. The number of nitrogens with zero attached hydrogens (tertiary/aromatic N) is 4. The molecule has 1 aromatic rings. The summed E-state index contributed by atoms with van der Waals surface area (Å²) in [6, 6.07) is 5.62. The van der Waals surface area contributed by atoms with E-state index in [2.05, 4.69) is 9.88 Å². The standard InChI is InChI=1S/C12H13ClN4O/c13-7-12(18)17-5-3-16(4-6-17)11-2-1-10(8-14)9-15-11/h1-2,9H,3-7H2. The predicted octanol–water partition coefficient (Wildman–Crippen LogP) is 0.841. The lowest BCUT2D eigenvalue weighted by Gasteiger charge is -2.35. The Labute approximate surface area is 111 Å². The van der Waals surface area contributed by atoms with Crippen LogP contribution in [0, 0.1) is 11.3 Å². The Kier molecular flexibility index (Phi) is 4.00. The number of amides is 1. The zero-order valence-electron chi connectivity index (χ0n) is 9.84. The van der Waals surface area contributed by atoms with Gasteiger partial charge in [0.15, 0.2) is 0 Å². The summed E-state index contributed by atoms with van der Waals surface area (Å²) in [5, 5.41) is 8.70. The largest absolute Gasteiger partial charge is 0.353 e. The lowest BCUT2D eigenvalue weighted by molar-refractivity contribution is -0.128. The van der Waals surface area contributed by atoms with Crippen molar-refractivity contribution in [1.82, 2.24) is 9.88 Å². The molecule has 1 aromatic heterocycles. The molecule has 1 fully saturated rings. The molecule has 0 bridgehead atoms. The maximum atomic E-state index is 11.4. The molecule has 0 spiro atoms. The maximum Gasteiger partial charge on any atom is 0.237 e. The van der Waals surface area contributed by atoms with E-state index in [0.29, 0.717) is 18.7 Å². The van der Waals surface area contributed by atoms with Crippen LogP contribution in [0.25, 0.3) is 0 Å². The molecule has 0 N–H and O–H groups in total. The summed E-state index contributed by atoms with van der Waals surface area (Å²) in [6.45, 7) is 2.80. The third-order valence-corrected chi connectivity index (χ3v) is 3.18. The second-order valence-electron chi connectivity index (χ2n) is 4.02. The van der Waals surface area contributed by atoms with Crippen molar-refractivity contribution < 1.29 is 4.79 Å². The average Bonchev–Trinajstić information content (AvgIpc) is 2.47. The van der Waals surface area contributed by atoms with Crippen molar-refractivity contribution in [2.45, 2.75) is 0 Å². The number of pyridine rings is 1. The molecule has 0 aromatic carbocycles. The van der Waals surface area contributed by atoms with Gasteiger partial charge in [0.1, 0.15) is 17.8 Å². The number of piperazine rings is 1. The van der Waals surface area contributed by atoms with Crippen LogP contribution in [-0.4, -0.2) is 47.9 Å². The summed E-state index contributed by atoms with van der Waals surface area (Å²) in [5.41, 5.74) is 0.551. The highest BCUT2D eigenvalue weighted by Gasteiger charge is 2.20. The average molecular weight is 265 g/mol. The Morgan fingerprint density at radius 1 is 1.39 bits per heavy atom. The molecule has 2 rings (SSSR count). The molecule has 1 aliphatic heterocycles. The summed E-state index contributed by atoms with van der Waals surface area (Å²) >= 11 is 5.52. The second-order valence-corrected chi connectivity index (χ2v) is 4.29. The summed E-state index contributed by atoms with van der Waals surface area (Å²) in [7, 11) is 0. The van der Waals surface area contributed by atoms with E-state index in [1.54, 1.807) is 17.2 Å². The van der Waals surface area contributed by atoms with Gasteiger partial charge in [0.2, 0.25) is 5.91 Å². The molecule has 0 radical (unpaired) electrons. The first-order valence-corrected chi connectivity index (χ1v) is 6.23. The molecular formula is C12H13ClN4O. The molecule has 0 unspecified atom stereocenters. The zero-order chi connectivity index (χ0) is 13.0. The molecule has 1 aliphatic rings. The van der Waals surface area contributed by atoms with Crippen LogP contribution in [0.5, 0.6) is 0 Å². The van der Waals surface area contributed by atoms with Crippen molar-refractivity contribution in [3.05, 3.63) is 23.9 Å². The van der Waals surface area contributed by atoms with Crippen LogP contribution >= 0.6 is 11.6 Å². The number of carbonyl (C=O) groups is 1. The summed E-state index contributed by atoms with van der Waals surface area (Å²) in [4.78, 5) is 19.5. The molecule has 0 atom stereocenters. The molecule has 6 heteroatoms. The third-order valence-electron chi connectivity index (χ3n) is 2.95. The minimum Gasteiger partial charge on any atom is -0.353 e. The Bertz CT molecular complexity index is 460. The van der Waals surface area contributed by atoms with Gasteiger partial charge in [-0.05, 0) is 12.1 Å². The molecule has 18 heavy (non-hydrogen) atoms. The quantitative estimate of drug-likeness (QED) is 0.743. The summed E-state index contributed by atoms with van der Waals surface area (Å²) < 4.78 is 0. The molecule has 94 valence electrons. The van der Waals surface area contributed by atoms with Gasteiger partial charge in [-0.2, -0.15) is 5.26 Å². The fourth-order valence-corrected chi connectivity index (χ4v) is 2.08. The lowest BCUT2D eigenvalue weighted by Crippen LogP contribution is -2.49. The Morgan fingerprint density at radius 2 is 2.11 bits per heavy atom. The number of anilines is 1. The van der Waals surface area contributed by atoms with E-state index in [9.17, 15) is 4.79 Å². The van der Waals surface area contributed by atoms with Gasteiger partial charge in [0.25, 0.3) is 0 Å². The molecule has 1 amide bonds. The number of rotatable bonds is 2. The summed E-state index contributed by atoms with van der Waals surface area (Å²) in [5.74, 6) is 0.853. The number of hydrogen-bond donors (Lipinski definition) is 0. The van der Waals surface area contributed by atoms with E-state index >= 15 is 0 Å². The molecule has 0 saturated carbocycles. The predicted molar refractivity (Wildman–Crippen MR) is 68.5 cm³/mol. The van der Waals surface area contributed by atoms with Crippen molar-refractivity contribution >= 4 is 23.3 Å². The third kappa shape index (κ3) is 2.71. The number of aromatic nitrogens is 1. The Morgan fingerprint density at radius 3 is 2.61 bits per heavy atom. The van der Waals surface area contributed by atoms with Gasteiger partial charge in [0, 0.05) is 32.4 Å². The topological polar surface area (TPSA) is 60.2 Å². The molecule has 1 saturated heterocycles. The summed E-state index contributed by atoms with van der Waals surface area (Å²) in [6.07, 6.45) is 1.56. The highest BCUT2D eigenvalue weighted by molar-refractivity contribution is 6.27. The van der Waals surface area contributed by atoms with E-state index < -0.39 is 0 Å². The van der Waals surface area contributed by atoms with E-state index in [-0.39, 0.29) is 11.8 Å². The second kappa shape index (κ2) is 5.69. The highest BCUT2D eigenvalue weighted by Crippen LogP contribution is 2.14. The van der Waals surface area contributed by atoms with Gasteiger partial charge in [-0.15, -0.1) is 11.6 Å². The van der Waals surface area contributed by atoms with Gasteiger partial charge in [0.05, 0.1) is 5.56 Å². The maximum absolute atomic E-state index is 11.4. The fraction of sp³-hybridized carbons (Fsp3) is 0.417. The van der Waals surface area contributed by atoms with E-state index in [1.807, 2.05) is 12.1 Å². The first-order valence-electron chi connectivity index (χ1n) is 5.69. The Hall–Kier alpha value is -1.80. The van der Waals surface area contributed by atoms with E-state index in [0.717, 1.165) is 18.9 Å². The van der Waals surface area contributed by atoms with E-state index in [4.69, 9.17) is 16.9 Å². The van der Waals surface area contributed by atoms with Gasteiger partial charge < -0.3 is 9.80 Å². The Balaban J connectivity index is 1.97. The number of hydrogen-bond acceptors (Lipinski definition) is 4. The lowest BCUT2D eigenvalue weighted by atomic mass is 10.2. The minimum atomic E-state index is -0.0240. The number of alkyl halides is 1. The number of carbonyl (C=O) groups excluding carboxylic acids is 1. The van der Waals surface area contributed by atoms with Crippen molar-refractivity contribution in [1.29, 1.82) is 5.26 Å². The van der Waals surface area contributed by atoms with Crippen molar-refractivity contribution in [3.8, 4) is 6.07 Å². The van der Waals surface area contributed by atoms with Gasteiger partial charge in [-0.3, -0.25) is 4.79 Å². The number of nitriles is 1. The van der Waals surface area contributed by atoms with Crippen LogP contribution in [0.1, 0.15) is 5.56 Å². The van der Waals surface area contributed by atoms with Crippen LogP contribution in [0.15, 0.2) is 18.3 Å². The molecular weight excluding hydrogens is 252 g/mol. The SMILES string of the molecule is N#Cc1ccc(N2CCN(C(=O)CCl)CC2)nc1. The zero-order valence-corrected chi connectivity index (χ0v) is 10.6. The van der Waals surface area contributed by atoms with E-state index in [1.165, 1.54) is 0 Å². The fourth-order valence-electron chi connectivity index (χ4n) is 1.91. The van der Waals surface area contributed by atoms with Crippen LogP contribution in [-0.2, 0) is 4.79 Å². The minimum absolute atomic E-state index is 0.0240. The van der Waals surface area contributed by atoms with Crippen molar-refractivity contribution in [2.24, 2.45) is 0 Å². The van der Waals surface area contributed by atoms with Crippen molar-refractivity contribution in [3.63, 3.8) is 0 Å². The first-order chi connectivity index (χ1) is 8.74.